The van der Waals surface area contributed by atoms with Gasteiger partial charge in [-0.25, -0.2) is 4.98 Å². The van der Waals surface area contributed by atoms with Crippen molar-refractivity contribution in [2.75, 3.05) is 6.61 Å². The third kappa shape index (κ3) is 3.98. The van der Waals surface area contributed by atoms with E-state index < -0.39 is 0 Å². The standard InChI is InChI=1S/C27H34BNO5/c1-17(30)24-25(31)21(10-11-29-24)19(16-32-15-18-8-6-5-7-9-18)14-28-33-23-13-20-12-22(26(20,2)3)27(23,4)34-28/h5-11,19-20,22-23,31H,12-16H2,1-4H3/t19?,20?,22?,23?,27-/m0/s1. The molecule has 1 aliphatic heterocycles. The molecule has 6 nitrogen and oxygen atoms in total. The summed E-state index contributed by atoms with van der Waals surface area (Å²) in [5.41, 5.74) is 1.80. The maximum absolute atomic E-state index is 12.0. The number of carbonyl (C=O) groups excluding carboxylic acids is 1. The van der Waals surface area contributed by atoms with Crippen molar-refractivity contribution in [1.29, 1.82) is 0 Å². The van der Waals surface area contributed by atoms with Crippen LogP contribution in [-0.2, 0) is 20.7 Å². The molecule has 4 aliphatic rings. The Morgan fingerprint density at radius 1 is 1.24 bits per heavy atom. The first-order valence-corrected chi connectivity index (χ1v) is 12.3. The number of nitrogens with zero attached hydrogens (tertiary/aromatic N) is 1. The van der Waals surface area contributed by atoms with Crippen LogP contribution in [0.1, 0.15) is 68.1 Å². The van der Waals surface area contributed by atoms with E-state index in [1.54, 1.807) is 12.3 Å². The maximum atomic E-state index is 12.0. The molecule has 7 heteroatoms. The molecule has 180 valence electrons. The molecule has 6 rings (SSSR count). The molecule has 1 aromatic heterocycles. The van der Waals surface area contributed by atoms with Crippen molar-refractivity contribution < 1.29 is 23.9 Å². The van der Waals surface area contributed by atoms with Crippen LogP contribution in [0, 0.1) is 17.3 Å². The Bertz CT molecular complexity index is 1060. The highest BCUT2D eigenvalue weighted by Crippen LogP contribution is 2.66. The highest BCUT2D eigenvalue weighted by molar-refractivity contribution is 6.45. The van der Waals surface area contributed by atoms with Gasteiger partial charge in [-0.2, -0.15) is 0 Å². The van der Waals surface area contributed by atoms with Crippen LogP contribution in [0.15, 0.2) is 42.6 Å². The quantitative estimate of drug-likeness (QED) is 0.438. The van der Waals surface area contributed by atoms with Crippen LogP contribution in [0.2, 0.25) is 6.32 Å². The van der Waals surface area contributed by atoms with E-state index in [9.17, 15) is 9.90 Å². The lowest BCUT2D eigenvalue weighted by Gasteiger charge is -2.64. The number of ketones is 1. The molecule has 2 aromatic rings. The molecule has 0 radical (unpaired) electrons. The molecule has 4 unspecified atom stereocenters. The Morgan fingerprint density at radius 3 is 2.71 bits per heavy atom. The number of ether oxygens (including phenoxy) is 1. The number of Topliss-reactive ketones (excluding diaryl/α,β-unsaturated/α-hetero) is 1. The summed E-state index contributed by atoms with van der Waals surface area (Å²) in [5, 5.41) is 10.9. The van der Waals surface area contributed by atoms with Crippen LogP contribution in [0.5, 0.6) is 5.75 Å². The Balaban J connectivity index is 1.35. The van der Waals surface area contributed by atoms with E-state index in [4.69, 9.17) is 14.0 Å². The van der Waals surface area contributed by atoms with Gasteiger partial charge in [-0.15, -0.1) is 0 Å². The van der Waals surface area contributed by atoms with Crippen molar-refractivity contribution in [2.45, 2.75) is 71.1 Å². The lowest BCUT2D eigenvalue weighted by molar-refractivity contribution is -0.199. The molecule has 5 atom stereocenters. The summed E-state index contributed by atoms with van der Waals surface area (Å²) in [5.74, 6) is 0.623. The Labute approximate surface area is 202 Å². The fraction of sp³-hybridized carbons (Fsp3) is 0.556. The molecule has 3 saturated carbocycles. The molecule has 1 N–H and O–H groups in total. The molecule has 0 spiro atoms. The van der Waals surface area contributed by atoms with Crippen molar-refractivity contribution in [3.63, 3.8) is 0 Å². The number of carbonyl (C=O) groups is 1. The normalized spacial score (nSPS) is 29.9. The van der Waals surface area contributed by atoms with Crippen LogP contribution < -0.4 is 0 Å². The van der Waals surface area contributed by atoms with Crippen LogP contribution in [-0.4, -0.2) is 41.3 Å². The second-order valence-electron chi connectivity index (χ2n) is 11.0. The zero-order chi connectivity index (χ0) is 24.1. The summed E-state index contributed by atoms with van der Waals surface area (Å²) in [6.07, 6.45) is 4.44. The van der Waals surface area contributed by atoms with Crippen molar-refractivity contribution >= 4 is 12.9 Å². The van der Waals surface area contributed by atoms with Gasteiger partial charge in [0.15, 0.2) is 5.78 Å². The van der Waals surface area contributed by atoms with Gasteiger partial charge < -0.3 is 19.2 Å². The van der Waals surface area contributed by atoms with Crippen LogP contribution in [0.4, 0.5) is 0 Å². The summed E-state index contributed by atoms with van der Waals surface area (Å²) >= 11 is 0. The van der Waals surface area contributed by atoms with Crippen molar-refractivity contribution in [2.24, 2.45) is 17.3 Å². The van der Waals surface area contributed by atoms with Gasteiger partial charge in [0.1, 0.15) is 11.4 Å². The van der Waals surface area contributed by atoms with Crippen LogP contribution >= 0.6 is 0 Å². The minimum Gasteiger partial charge on any atom is -0.505 e. The van der Waals surface area contributed by atoms with Gasteiger partial charge in [-0.1, -0.05) is 44.2 Å². The second-order valence-corrected chi connectivity index (χ2v) is 11.0. The van der Waals surface area contributed by atoms with Gasteiger partial charge in [0.2, 0.25) is 0 Å². The molecule has 2 bridgehead atoms. The fourth-order valence-corrected chi connectivity index (χ4v) is 6.52. The lowest BCUT2D eigenvalue weighted by atomic mass is 9.43. The summed E-state index contributed by atoms with van der Waals surface area (Å²) in [7, 11) is -0.385. The lowest BCUT2D eigenvalue weighted by Crippen LogP contribution is -2.65. The Kier molecular flexibility index (Phi) is 6.07. The van der Waals surface area contributed by atoms with Crippen molar-refractivity contribution in [3.8, 4) is 5.75 Å². The number of hydrogen-bond acceptors (Lipinski definition) is 6. The number of hydrogen-bond donors (Lipinski definition) is 1. The number of aromatic nitrogens is 1. The number of pyridine rings is 1. The van der Waals surface area contributed by atoms with E-state index in [1.807, 2.05) is 30.3 Å². The maximum Gasteiger partial charge on any atom is 0.458 e. The first-order valence-electron chi connectivity index (χ1n) is 12.3. The summed E-state index contributed by atoms with van der Waals surface area (Å²) in [6, 6.07) is 11.8. The smallest absolute Gasteiger partial charge is 0.458 e. The Hall–Kier alpha value is -2.22. The topological polar surface area (TPSA) is 77.9 Å². The first-order chi connectivity index (χ1) is 16.2. The highest BCUT2D eigenvalue weighted by atomic mass is 16.7. The van der Waals surface area contributed by atoms with Gasteiger partial charge in [-0.05, 0) is 55.0 Å². The summed E-state index contributed by atoms with van der Waals surface area (Å²) in [6.45, 7) is 9.15. The van der Waals surface area contributed by atoms with Gasteiger partial charge >= 0.3 is 7.12 Å². The average molecular weight is 463 g/mol. The SMILES string of the molecule is CC(=O)c1nccc(C(COCc2ccccc2)CB2OC3CC4CC(C4(C)C)[C@]3(C)O2)c1O. The predicted octanol–water partition coefficient (Wildman–Crippen LogP) is 5.02. The van der Waals surface area contributed by atoms with Crippen LogP contribution in [0.3, 0.4) is 0 Å². The number of rotatable bonds is 8. The average Bonchev–Trinajstić information content (AvgIpc) is 3.14. The highest BCUT2D eigenvalue weighted by Gasteiger charge is 2.67. The molecule has 1 aromatic carbocycles. The first kappa shape index (κ1) is 23.5. The number of benzene rings is 1. The number of aromatic hydroxyl groups is 1. The molecule has 3 aliphatic carbocycles. The minimum absolute atomic E-state index is 0.0756. The molecular weight excluding hydrogens is 429 g/mol. The third-order valence-corrected chi connectivity index (χ3v) is 8.64. The zero-order valence-corrected chi connectivity index (χ0v) is 20.5. The van der Waals surface area contributed by atoms with E-state index in [2.05, 4.69) is 25.8 Å². The summed E-state index contributed by atoms with van der Waals surface area (Å²) < 4.78 is 19.2. The monoisotopic (exact) mass is 463 g/mol. The molecular formula is C27H34BNO5. The van der Waals surface area contributed by atoms with Gasteiger partial charge in [-0.3, -0.25) is 4.79 Å². The van der Waals surface area contributed by atoms with E-state index in [0.717, 1.165) is 12.0 Å². The molecule has 1 saturated heterocycles. The summed E-state index contributed by atoms with van der Waals surface area (Å²) in [4.78, 5) is 16.1. The van der Waals surface area contributed by atoms with E-state index >= 15 is 0 Å². The van der Waals surface area contributed by atoms with Gasteiger partial charge in [0.25, 0.3) is 0 Å². The van der Waals surface area contributed by atoms with E-state index in [1.165, 1.54) is 13.3 Å². The molecule has 2 heterocycles. The van der Waals surface area contributed by atoms with Crippen molar-refractivity contribution in [1.82, 2.24) is 4.98 Å². The van der Waals surface area contributed by atoms with E-state index in [-0.39, 0.29) is 47.4 Å². The predicted molar refractivity (Wildman–Crippen MR) is 130 cm³/mol. The Morgan fingerprint density at radius 2 is 2.00 bits per heavy atom. The van der Waals surface area contributed by atoms with Gasteiger partial charge in [0.05, 0.1) is 24.9 Å². The van der Waals surface area contributed by atoms with E-state index in [0.29, 0.717) is 36.9 Å². The van der Waals surface area contributed by atoms with Crippen molar-refractivity contribution in [3.05, 3.63) is 59.4 Å². The molecule has 34 heavy (non-hydrogen) atoms. The second kappa shape index (κ2) is 8.78. The zero-order valence-electron chi connectivity index (χ0n) is 20.5. The molecule has 0 amide bonds. The largest absolute Gasteiger partial charge is 0.505 e. The fourth-order valence-electron chi connectivity index (χ4n) is 6.52. The van der Waals surface area contributed by atoms with Crippen LogP contribution in [0.25, 0.3) is 0 Å². The van der Waals surface area contributed by atoms with Gasteiger partial charge in [0, 0.05) is 24.6 Å². The molecule has 4 fully saturated rings. The minimum atomic E-state index is -0.385. The third-order valence-electron chi connectivity index (χ3n) is 8.64.